The summed E-state index contributed by atoms with van der Waals surface area (Å²) in [4.78, 5) is 24.8. The highest BCUT2D eigenvalue weighted by Gasteiger charge is 2.31. The average molecular weight is 217 g/mol. The van der Waals surface area contributed by atoms with Crippen LogP contribution < -0.4 is 4.90 Å². The summed E-state index contributed by atoms with van der Waals surface area (Å²) in [5.74, 6) is -0.00273. The molecule has 0 aromatic heterocycles. The van der Waals surface area contributed by atoms with Gasteiger partial charge in [-0.1, -0.05) is 18.2 Å². The van der Waals surface area contributed by atoms with Gasteiger partial charge in [0.1, 0.15) is 0 Å². The van der Waals surface area contributed by atoms with E-state index < -0.39 is 0 Å². The van der Waals surface area contributed by atoms with E-state index in [1.54, 1.807) is 11.8 Å². The van der Waals surface area contributed by atoms with Gasteiger partial charge in [0.25, 0.3) is 0 Å². The van der Waals surface area contributed by atoms with Crippen molar-refractivity contribution >= 4 is 17.4 Å². The molecule has 0 saturated heterocycles. The second-order valence-electron chi connectivity index (χ2n) is 4.18. The first-order valence-electron chi connectivity index (χ1n) is 5.49. The zero-order valence-electron chi connectivity index (χ0n) is 9.56. The van der Waals surface area contributed by atoms with Gasteiger partial charge in [-0.25, -0.2) is 0 Å². The number of fused-ring (bicyclic) bond motifs is 1. The van der Waals surface area contributed by atoms with Crippen LogP contribution in [0.5, 0.6) is 0 Å². The van der Waals surface area contributed by atoms with Crippen LogP contribution in [0, 0.1) is 0 Å². The Balaban J connectivity index is 2.47. The van der Waals surface area contributed by atoms with Crippen molar-refractivity contribution in [3.8, 4) is 0 Å². The van der Waals surface area contributed by atoms with Gasteiger partial charge in [0.2, 0.25) is 5.91 Å². The number of carbonyl (C=O) groups excluding carboxylic acids is 2. The summed E-state index contributed by atoms with van der Waals surface area (Å²) in [6.45, 7) is 3.06. The molecule has 1 aromatic rings. The van der Waals surface area contributed by atoms with Crippen molar-refractivity contribution in [1.82, 2.24) is 0 Å². The Kier molecular flexibility index (Phi) is 2.77. The van der Waals surface area contributed by atoms with Crippen LogP contribution in [0.3, 0.4) is 0 Å². The summed E-state index contributed by atoms with van der Waals surface area (Å²) in [6.07, 6.45) is 1.59. The fourth-order valence-electron chi connectivity index (χ4n) is 2.32. The van der Waals surface area contributed by atoms with E-state index >= 15 is 0 Å². The number of benzene rings is 1. The number of hydrogen-bond acceptors (Lipinski definition) is 2. The van der Waals surface area contributed by atoms with Gasteiger partial charge in [-0.2, -0.15) is 0 Å². The third-order valence-corrected chi connectivity index (χ3v) is 3.06. The maximum absolute atomic E-state index is 11.7. The van der Waals surface area contributed by atoms with Crippen molar-refractivity contribution in [3.05, 3.63) is 29.8 Å². The largest absolute Gasteiger partial charge is 0.302 e. The molecule has 3 heteroatoms. The number of Topliss-reactive ketones (excluding diaryl/α,β-unsaturated/α-hetero) is 1. The maximum Gasteiger partial charge on any atom is 0.224 e. The van der Waals surface area contributed by atoms with Crippen molar-refractivity contribution < 1.29 is 9.59 Å². The molecule has 1 aliphatic rings. The lowest BCUT2D eigenvalue weighted by Crippen LogP contribution is -2.46. The van der Waals surface area contributed by atoms with Gasteiger partial charge >= 0.3 is 0 Å². The molecule has 1 heterocycles. The van der Waals surface area contributed by atoms with E-state index in [4.69, 9.17) is 0 Å². The zero-order valence-corrected chi connectivity index (χ0v) is 9.56. The highest BCUT2D eigenvalue weighted by molar-refractivity contribution is 6.00. The minimum atomic E-state index is -0.285. The molecular weight excluding hydrogens is 202 g/mol. The first-order valence-corrected chi connectivity index (χ1v) is 5.49. The third-order valence-electron chi connectivity index (χ3n) is 3.06. The molecule has 16 heavy (non-hydrogen) atoms. The maximum atomic E-state index is 11.7. The van der Waals surface area contributed by atoms with Crippen LogP contribution in [-0.4, -0.2) is 17.7 Å². The highest BCUT2D eigenvalue weighted by atomic mass is 16.2. The molecule has 84 valence electrons. The molecule has 3 nitrogen and oxygen atoms in total. The summed E-state index contributed by atoms with van der Waals surface area (Å²) in [6, 6.07) is 7.50. The summed E-state index contributed by atoms with van der Waals surface area (Å²) in [7, 11) is 0. The molecule has 0 N–H and O–H groups in total. The molecular formula is C13H15NO2. The van der Waals surface area contributed by atoms with Crippen LogP contribution in [0.15, 0.2) is 24.3 Å². The highest BCUT2D eigenvalue weighted by Crippen LogP contribution is 2.30. The number of rotatable bonds is 1. The predicted molar refractivity (Wildman–Crippen MR) is 62.4 cm³/mol. The van der Waals surface area contributed by atoms with Crippen LogP contribution in [0.25, 0.3) is 0 Å². The number of ketones is 1. The minimum absolute atomic E-state index is 0.0599. The third kappa shape index (κ3) is 1.73. The van der Waals surface area contributed by atoms with Gasteiger partial charge in [0, 0.05) is 12.6 Å². The van der Waals surface area contributed by atoms with Crippen molar-refractivity contribution in [2.75, 3.05) is 4.90 Å². The van der Waals surface area contributed by atoms with E-state index in [9.17, 15) is 9.59 Å². The van der Waals surface area contributed by atoms with Crippen LogP contribution in [-0.2, 0) is 16.0 Å². The number of amides is 1. The standard InChI is InChI=1S/C13H15NO2/c1-9(15)12-8-7-11-5-3-4-6-13(11)14(12)10(2)16/h3-6,12H,7-8H2,1-2H3/t12-/m0/s1. The molecule has 0 saturated carbocycles. The van der Waals surface area contributed by atoms with E-state index in [1.807, 2.05) is 24.3 Å². The zero-order chi connectivity index (χ0) is 11.7. The molecule has 2 rings (SSSR count). The molecule has 0 aliphatic carbocycles. The van der Waals surface area contributed by atoms with Crippen molar-refractivity contribution in [2.24, 2.45) is 0 Å². The molecule has 1 aromatic carbocycles. The number of para-hydroxylation sites is 1. The number of aryl methyl sites for hydroxylation is 1. The summed E-state index contributed by atoms with van der Waals surface area (Å²) in [5.41, 5.74) is 2.04. The lowest BCUT2D eigenvalue weighted by Gasteiger charge is -2.35. The van der Waals surface area contributed by atoms with Gasteiger partial charge in [-0.3, -0.25) is 9.59 Å². The van der Waals surface area contributed by atoms with Crippen molar-refractivity contribution in [1.29, 1.82) is 0 Å². The molecule has 0 radical (unpaired) electrons. The Morgan fingerprint density at radius 3 is 2.56 bits per heavy atom. The van der Waals surface area contributed by atoms with Crippen LogP contribution in [0.1, 0.15) is 25.8 Å². The second-order valence-corrected chi connectivity index (χ2v) is 4.18. The summed E-state index contributed by atoms with van der Waals surface area (Å²) >= 11 is 0. The number of anilines is 1. The molecule has 0 bridgehead atoms. The Hall–Kier alpha value is -1.64. The molecule has 0 unspecified atom stereocenters. The Bertz CT molecular complexity index is 439. The number of nitrogens with zero attached hydrogens (tertiary/aromatic N) is 1. The topological polar surface area (TPSA) is 37.4 Å². The van der Waals surface area contributed by atoms with E-state index in [0.717, 1.165) is 24.1 Å². The Morgan fingerprint density at radius 2 is 1.94 bits per heavy atom. The van der Waals surface area contributed by atoms with Gasteiger partial charge in [0.05, 0.1) is 6.04 Å². The lowest BCUT2D eigenvalue weighted by atomic mass is 9.94. The minimum Gasteiger partial charge on any atom is -0.302 e. The molecule has 0 spiro atoms. The Morgan fingerprint density at radius 1 is 1.25 bits per heavy atom. The first-order chi connectivity index (χ1) is 7.61. The first kappa shape index (κ1) is 10.9. The van der Waals surface area contributed by atoms with Crippen molar-refractivity contribution in [3.63, 3.8) is 0 Å². The number of hydrogen-bond donors (Lipinski definition) is 0. The smallest absolute Gasteiger partial charge is 0.224 e. The molecule has 0 fully saturated rings. The molecule has 1 amide bonds. The van der Waals surface area contributed by atoms with Crippen LogP contribution >= 0.6 is 0 Å². The summed E-state index contributed by atoms with van der Waals surface area (Å²) < 4.78 is 0. The average Bonchev–Trinajstić information content (AvgIpc) is 2.27. The number of carbonyl (C=O) groups is 2. The van der Waals surface area contributed by atoms with Crippen molar-refractivity contribution in [2.45, 2.75) is 32.7 Å². The lowest BCUT2D eigenvalue weighted by molar-refractivity contribution is -0.123. The van der Waals surface area contributed by atoms with Gasteiger partial charge in [-0.05, 0) is 31.4 Å². The van der Waals surface area contributed by atoms with Gasteiger partial charge < -0.3 is 4.90 Å². The fourth-order valence-corrected chi connectivity index (χ4v) is 2.32. The molecule has 1 atom stereocenters. The monoisotopic (exact) mass is 217 g/mol. The molecule has 1 aliphatic heterocycles. The van der Waals surface area contributed by atoms with E-state index in [0.29, 0.717) is 0 Å². The second kappa shape index (κ2) is 4.08. The van der Waals surface area contributed by atoms with Gasteiger partial charge in [-0.15, -0.1) is 0 Å². The van der Waals surface area contributed by atoms with Crippen LogP contribution in [0.4, 0.5) is 5.69 Å². The summed E-state index contributed by atoms with van der Waals surface area (Å²) in [5, 5.41) is 0. The van der Waals surface area contributed by atoms with E-state index in [2.05, 4.69) is 0 Å². The van der Waals surface area contributed by atoms with E-state index in [1.165, 1.54) is 6.92 Å². The Labute approximate surface area is 95.1 Å². The van der Waals surface area contributed by atoms with E-state index in [-0.39, 0.29) is 17.7 Å². The normalized spacial score (nSPS) is 19.1. The SMILES string of the molecule is CC(=O)[C@@H]1CCc2ccccc2N1C(C)=O. The fraction of sp³-hybridized carbons (Fsp3) is 0.385. The predicted octanol–water partition coefficient (Wildman–Crippen LogP) is 1.94. The van der Waals surface area contributed by atoms with Gasteiger partial charge in [0.15, 0.2) is 5.78 Å². The quantitative estimate of drug-likeness (QED) is 0.721. The van der Waals surface area contributed by atoms with Crippen LogP contribution in [0.2, 0.25) is 0 Å².